The van der Waals surface area contributed by atoms with E-state index in [-0.39, 0.29) is 18.0 Å². The fraction of sp³-hybridized carbons (Fsp3) is 0.739. The van der Waals surface area contributed by atoms with Gasteiger partial charge in [-0.05, 0) is 87.7 Å². The van der Waals surface area contributed by atoms with Crippen LogP contribution in [0.3, 0.4) is 0 Å². The van der Waals surface area contributed by atoms with Gasteiger partial charge in [0.05, 0.1) is 6.61 Å². The molecule has 0 unspecified atom stereocenters. The first kappa shape index (κ1) is 21.5. The van der Waals surface area contributed by atoms with Crippen molar-refractivity contribution in [1.29, 1.82) is 0 Å². The van der Waals surface area contributed by atoms with Gasteiger partial charge in [-0.2, -0.15) is 4.39 Å². The molecule has 0 amide bonds. The Morgan fingerprint density at radius 3 is 1.96 bits per heavy atom. The molecule has 0 aliphatic heterocycles. The zero-order chi connectivity index (χ0) is 20.1. The summed E-state index contributed by atoms with van der Waals surface area (Å²) >= 11 is 0. The van der Waals surface area contributed by atoms with E-state index in [9.17, 15) is 8.78 Å². The Morgan fingerprint density at radius 1 is 0.857 bits per heavy atom. The monoisotopic (exact) mass is 396 g/mol. The summed E-state index contributed by atoms with van der Waals surface area (Å²) in [6, 6.07) is 3.29. The molecule has 1 aromatic carbocycles. The van der Waals surface area contributed by atoms with E-state index >= 15 is 0 Å². The molecular weight excluding hydrogens is 362 g/mol. The highest BCUT2D eigenvalue weighted by Gasteiger charge is 2.34. The van der Waals surface area contributed by atoms with E-state index < -0.39 is 11.6 Å². The molecule has 2 fully saturated rings. The minimum atomic E-state index is -0.842. The molecule has 2 aliphatic rings. The summed E-state index contributed by atoms with van der Waals surface area (Å²) in [5.41, 5.74) is 0.520. The second kappa shape index (κ2) is 10.0. The minimum absolute atomic E-state index is 0.0135. The molecule has 2 aliphatic carbocycles. The van der Waals surface area contributed by atoms with Crippen LogP contribution in [0.5, 0.6) is 5.75 Å². The van der Waals surface area contributed by atoms with Crippen LogP contribution in [0, 0.1) is 29.4 Å². The normalized spacial score (nSPS) is 28.5. The van der Waals surface area contributed by atoms with E-state index in [1.54, 1.807) is 33.3 Å². The van der Waals surface area contributed by atoms with E-state index in [1.165, 1.54) is 12.8 Å². The molecule has 0 aromatic heterocycles. The Labute approximate surface area is 167 Å². The van der Waals surface area contributed by atoms with Crippen LogP contribution in [0.1, 0.15) is 69.8 Å². The van der Waals surface area contributed by atoms with E-state index in [1.807, 2.05) is 0 Å². The predicted molar refractivity (Wildman–Crippen MR) is 105 cm³/mol. The van der Waals surface area contributed by atoms with Crippen molar-refractivity contribution >= 4 is 0 Å². The standard InChI is InChI=1S/C23H34F2O3/c1-4-28-20-14-13-19(21(24)22(20)25)17-9-5-15(6-10-17)16-7-11-18(12-8-16)23(26-2)27-3/h13-18,23H,4-12H2,1-3H3. The smallest absolute Gasteiger partial charge is 0.200 e. The predicted octanol–water partition coefficient (Wildman–Crippen LogP) is 6.06. The van der Waals surface area contributed by atoms with E-state index in [2.05, 4.69) is 0 Å². The lowest BCUT2D eigenvalue weighted by molar-refractivity contribution is -0.146. The van der Waals surface area contributed by atoms with Crippen molar-refractivity contribution in [2.75, 3.05) is 20.8 Å². The number of hydrogen-bond acceptors (Lipinski definition) is 3. The number of rotatable bonds is 7. The first-order chi connectivity index (χ1) is 13.6. The lowest BCUT2D eigenvalue weighted by atomic mass is 9.68. The largest absolute Gasteiger partial charge is 0.491 e. The molecule has 3 rings (SSSR count). The maximum absolute atomic E-state index is 14.5. The SMILES string of the molecule is CCOc1ccc(C2CCC(C3CCC(C(OC)OC)CC3)CC2)c(F)c1F. The number of hydrogen-bond donors (Lipinski definition) is 0. The molecule has 0 radical (unpaired) electrons. The molecule has 3 nitrogen and oxygen atoms in total. The maximum atomic E-state index is 14.5. The van der Waals surface area contributed by atoms with Crippen molar-refractivity contribution in [2.45, 2.75) is 70.5 Å². The highest BCUT2D eigenvalue weighted by atomic mass is 19.2. The van der Waals surface area contributed by atoms with E-state index in [0.29, 0.717) is 24.0 Å². The van der Waals surface area contributed by atoms with Crippen molar-refractivity contribution in [3.05, 3.63) is 29.3 Å². The van der Waals surface area contributed by atoms with Gasteiger partial charge >= 0.3 is 0 Å². The number of methoxy groups -OCH3 is 2. The Hall–Kier alpha value is -1.20. The zero-order valence-electron chi connectivity index (χ0n) is 17.4. The van der Waals surface area contributed by atoms with Gasteiger partial charge in [-0.15, -0.1) is 0 Å². The molecule has 0 heterocycles. The van der Waals surface area contributed by atoms with Gasteiger partial charge in [-0.1, -0.05) is 6.07 Å². The Balaban J connectivity index is 1.53. The molecule has 158 valence electrons. The number of benzene rings is 1. The molecule has 0 saturated heterocycles. The van der Waals surface area contributed by atoms with Gasteiger partial charge in [0, 0.05) is 20.1 Å². The third-order valence-corrected chi connectivity index (χ3v) is 6.92. The first-order valence-electron chi connectivity index (χ1n) is 10.7. The summed E-state index contributed by atoms with van der Waals surface area (Å²) in [4.78, 5) is 0. The maximum Gasteiger partial charge on any atom is 0.200 e. The molecule has 2 saturated carbocycles. The summed E-state index contributed by atoms with van der Waals surface area (Å²) in [5.74, 6) is 0.503. The summed E-state index contributed by atoms with van der Waals surface area (Å²) in [5, 5.41) is 0. The molecule has 28 heavy (non-hydrogen) atoms. The summed E-state index contributed by atoms with van der Waals surface area (Å²) in [7, 11) is 3.43. The molecule has 5 heteroatoms. The lowest BCUT2D eigenvalue weighted by Gasteiger charge is -2.39. The zero-order valence-corrected chi connectivity index (χ0v) is 17.4. The topological polar surface area (TPSA) is 27.7 Å². The first-order valence-corrected chi connectivity index (χ1v) is 10.7. The van der Waals surface area contributed by atoms with Crippen molar-refractivity contribution in [3.8, 4) is 5.75 Å². The Morgan fingerprint density at radius 2 is 1.43 bits per heavy atom. The summed E-state index contributed by atoms with van der Waals surface area (Å²) in [6.07, 6.45) is 8.73. The van der Waals surface area contributed by atoms with Crippen molar-refractivity contribution in [2.24, 2.45) is 17.8 Å². The number of halogens is 2. The van der Waals surface area contributed by atoms with E-state index in [4.69, 9.17) is 14.2 Å². The molecule has 0 atom stereocenters. The minimum Gasteiger partial charge on any atom is -0.491 e. The van der Waals surface area contributed by atoms with Crippen LogP contribution in [0.4, 0.5) is 8.78 Å². The fourth-order valence-corrected chi connectivity index (χ4v) is 5.40. The highest BCUT2D eigenvalue weighted by Crippen LogP contribution is 2.45. The van der Waals surface area contributed by atoms with E-state index in [0.717, 1.165) is 44.4 Å². The van der Waals surface area contributed by atoms with Gasteiger partial charge in [-0.25, -0.2) is 4.39 Å². The van der Waals surface area contributed by atoms with Crippen LogP contribution in [-0.2, 0) is 9.47 Å². The molecular formula is C23H34F2O3. The summed E-state index contributed by atoms with van der Waals surface area (Å²) < 4.78 is 44.8. The second-order valence-corrected chi connectivity index (χ2v) is 8.34. The average molecular weight is 397 g/mol. The van der Waals surface area contributed by atoms with Crippen LogP contribution in [-0.4, -0.2) is 27.1 Å². The Kier molecular flexibility index (Phi) is 7.69. The van der Waals surface area contributed by atoms with Crippen LogP contribution >= 0.6 is 0 Å². The van der Waals surface area contributed by atoms with Crippen LogP contribution < -0.4 is 4.74 Å². The third-order valence-electron chi connectivity index (χ3n) is 6.92. The van der Waals surface area contributed by atoms with Crippen LogP contribution in [0.25, 0.3) is 0 Å². The second-order valence-electron chi connectivity index (χ2n) is 8.34. The third kappa shape index (κ3) is 4.68. The van der Waals surface area contributed by atoms with Gasteiger partial charge in [0.15, 0.2) is 17.9 Å². The fourth-order valence-electron chi connectivity index (χ4n) is 5.40. The molecule has 0 bridgehead atoms. The van der Waals surface area contributed by atoms with Gasteiger partial charge < -0.3 is 14.2 Å². The average Bonchev–Trinajstić information content (AvgIpc) is 2.73. The molecule has 0 N–H and O–H groups in total. The molecule has 1 aromatic rings. The van der Waals surface area contributed by atoms with Crippen LogP contribution in [0.15, 0.2) is 12.1 Å². The quantitative estimate of drug-likeness (QED) is 0.524. The molecule has 0 spiro atoms. The van der Waals surface area contributed by atoms with Gasteiger partial charge in [-0.3, -0.25) is 0 Å². The van der Waals surface area contributed by atoms with Crippen LogP contribution in [0.2, 0.25) is 0 Å². The van der Waals surface area contributed by atoms with Crippen molar-refractivity contribution in [1.82, 2.24) is 0 Å². The highest BCUT2D eigenvalue weighted by molar-refractivity contribution is 5.33. The Bertz CT molecular complexity index is 617. The van der Waals surface area contributed by atoms with Crippen molar-refractivity contribution in [3.63, 3.8) is 0 Å². The lowest BCUT2D eigenvalue weighted by Crippen LogP contribution is -2.31. The van der Waals surface area contributed by atoms with Gasteiger partial charge in [0.2, 0.25) is 5.82 Å². The van der Waals surface area contributed by atoms with Gasteiger partial charge in [0.1, 0.15) is 0 Å². The van der Waals surface area contributed by atoms with Crippen molar-refractivity contribution < 1.29 is 23.0 Å². The summed E-state index contributed by atoms with van der Waals surface area (Å²) in [6.45, 7) is 2.10. The van der Waals surface area contributed by atoms with Gasteiger partial charge in [0.25, 0.3) is 0 Å². The number of ether oxygens (including phenoxy) is 3.